The van der Waals surface area contributed by atoms with Crippen LogP contribution in [-0.2, 0) is 14.2 Å². The van der Waals surface area contributed by atoms with E-state index >= 15 is 0 Å². The zero-order valence-electron chi connectivity index (χ0n) is 15.8. The van der Waals surface area contributed by atoms with Gasteiger partial charge < -0.3 is 30.0 Å². The van der Waals surface area contributed by atoms with Gasteiger partial charge in [-0.3, -0.25) is 0 Å². The minimum atomic E-state index is -0.992. The first kappa shape index (κ1) is 22.8. The molecule has 3 N–H and O–H groups in total. The number of amides is 1. The van der Waals surface area contributed by atoms with Gasteiger partial charge in [-0.2, -0.15) is 0 Å². The molecule has 1 unspecified atom stereocenters. The van der Waals surface area contributed by atoms with E-state index in [1.807, 2.05) is 13.8 Å². The van der Waals surface area contributed by atoms with Crippen LogP contribution < -0.4 is 10.6 Å². The lowest BCUT2D eigenvalue weighted by atomic mass is 10.1. The summed E-state index contributed by atoms with van der Waals surface area (Å²) in [5, 5.41) is 15.6. The van der Waals surface area contributed by atoms with Crippen molar-refractivity contribution in [3.05, 3.63) is 35.6 Å². The van der Waals surface area contributed by atoms with Gasteiger partial charge in [0.05, 0.1) is 12.2 Å². The standard InChI is InChI=1S/C18H27FN2O6/c1-18(2,12-20-17(24)26-9-8-25-3)21-10-13(22)11-27-16(23)14-6-4-5-7-15(14)19/h4-7,13,21-22H,8-12H2,1-3H3,(H,20,24). The SMILES string of the molecule is COCCOC(=O)NCC(C)(C)NCC(O)COC(=O)c1ccccc1F. The number of rotatable bonds is 11. The monoisotopic (exact) mass is 386 g/mol. The van der Waals surface area contributed by atoms with E-state index in [9.17, 15) is 19.1 Å². The molecule has 8 nitrogen and oxygen atoms in total. The molecule has 0 saturated carbocycles. The molecule has 0 saturated heterocycles. The topological polar surface area (TPSA) is 106 Å². The molecule has 0 radical (unpaired) electrons. The van der Waals surface area contributed by atoms with E-state index in [-0.39, 0.29) is 31.9 Å². The molecule has 0 aromatic heterocycles. The van der Waals surface area contributed by atoms with Crippen LogP contribution in [0.3, 0.4) is 0 Å². The predicted octanol–water partition coefficient (Wildman–Crippen LogP) is 1.08. The first-order valence-electron chi connectivity index (χ1n) is 8.49. The molecule has 27 heavy (non-hydrogen) atoms. The van der Waals surface area contributed by atoms with Crippen molar-refractivity contribution in [2.45, 2.75) is 25.5 Å². The Hall–Kier alpha value is -2.23. The Morgan fingerprint density at radius 1 is 1.22 bits per heavy atom. The third-order valence-corrected chi connectivity index (χ3v) is 3.51. The zero-order chi connectivity index (χ0) is 20.3. The average Bonchev–Trinajstić information content (AvgIpc) is 2.63. The maximum Gasteiger partial charge on any atom is 0.407 e. The van der Waals surface area contributed by atoms with Gasteiger partial charge in [-0.25, -0.2) is 14.0 Å². The molecular formula is C18H27FN2O6. The van der Waals surface area contributed by atoms with E-state index in [4.69, 9.17) is 14.2 Å². The number of carbonyl (C=O) groups excluding carboxylic acids is 2. The number of ether oxygens (including phenoxy) is 3. The second kappa shape index (κ2) is 11.5. The molecule has 1 rings (SSSR count). The number of alkyl carbamates (subject to hydrolysis) is 1. The molecular weight excluding hydrogens is 359 g/mol. The number of aliphatic hydroxyl groups is 1. The Morgan fingerprint density at radius 2 is 1.93 bits per heavy atom. The quantitative estimate of drug-likeness (QED) is 0.386. The smallest absolute Gasteiger partial charge is 0.407 e. The number of β-amino-alcohol motifs (C(OH)–C–C–N with tert-alkyl or cyclic N) is 1. The summed E-state index contributed by atoms with van der Waals surface area (Å²) in [5.74, 6) is -1.52. The molecule has 1 amide bonds. The van der Waals surface area contributed by atoms with Crippen LogP contribution in [0.15, 0.2) is 24.3 Å². The molecule has 1 aromatic carbocycles. The van der Waals surface area contributed by atoms with E-state index in [2.05, 4.69) is 10.6 Å². The van der Waals surface area contributed by atoms with Crippen molar-refractivity contribution < 1.29 is 33.3 Å². The lowest BCUT2D eigenvalue weighted by molar-refractivity contribution is 0.0240. The number of halogens is 1. The van der Waals surface area contributed by atoms with Crippen LogP contribution in [0.1, 0.15) is 24.2 Å². The molecule has 0 aliphatic rings. The van der Waals surface area contributed by atoms with Crippen molar-refractivity contribution in [2.75, 3.05) is 40.0 Å². The highest BCUT2D eigenvalue weighted by Gasteiger charge is 2.21. The lowest BCUT2D eigenvalue weighted by Crippen LogP contribution is -2.51. The lowest BCUT2D eigenvalue weighted by Gasteiger charge is -2.27. The van der Waals surface area contributed by atoms with Crippen LogP contribution in [0.5, 0.6) is 0 Å². The van der Waals surface area contributed by atoms with Crippen LogP contribution >= 0.6 is 0 Å². The second-order valence-corrected chi connectivity index (χ2v) is 6.48. The van der Waals surface area contributed by atoms with Crippen molar-refractivity contribution in [1.29, 1.82) is 0 Å². The molecule has 0 heterocycles. The first-order valence-corrected chi connectivity index (χ1v) is 8.49. The number of nitrogens with one attached hydrogen (secondary N) is 2. The highest BCUT2D eigenvalue weighted by atomic mass is 19.1. The summed E-state index contributed by atoms with van der Waals surface area (Å²) in [6.45, 7) is 4.18. The molecule has 0 spiro atoms. The van der Waals surface area contributed by atoms with Crippen molar-refractivity contribution >= 4 is 12.1 Å². The van der Waals surface area contributed by atoms with E-state index in [1.54, 1.807) is 0 Å². The maximum atomic E-state index is 13.5. The van der Waals surface area contributed by atoms with Crippen molar-refractivity contribution in [3.63, 3.8) is 0 Å². The zero-order valence-corrected chi connectivity index (χ0v) is 15.8. The van der Waals surface area contributed by atoms with E-state index < -0.39 is 29.5 Å². The number of aliphatic hydroxyl groups excluding tert-OH is 1. The van der Waals surface area contributed by atoms with Gasteiger partial charge in [0.15, 0.2) is 0 Å². The maximum absolute atomic E-state index is 13.5. The number of benzene rings is 1. The Morgan fingerprint density at radius 3 is 2.59 bits per heavy atom. The molecule has 9 heteroatoms. The Balaban J connectivity index is 2.29. The minimum absolute atomic E-state index is 0.109. The van der Waals surface area contributed by atoms with Gasteiger partial charge in [0.1, 0.15) is 25.1 Å². The molecule has 0 fully saturated rings. The van der Waals surface area contributed by atoms with Crippen molar-refractivity contribution in [2.24, 2.45) is 0 Å². The van der Waals surface area contributed by atoms with Crippen LogP contribution in [0.2, 0.25) is 0 Å². The largest absolute Gasteiger partial charge is 0.459 e. The highest BCUT2D eigenvalue weighted by Crippen LogP contribution is 2.08. The van der Waals surface area contributed by atoms with Gasteiger partial charge in [0, 0.05) is 25.7 Å². The van der Waals surface area contributed by atoms with Crippen LogP contribution in [0.4, 0.5) is 9.18 Å². The fourth-order valence-electron chi connectivity index (χ4n) is 1.95. The number of carbonyl (C=O) groups is 2. The van der Waals surface area contributed by atoms with Crippen LogP contribution in [0, 0.1) is 5.82 Å². The Kier molecular flexibility index (Phi) is 9.70. The van der Waals surface area contributed by atoms with Crippen molar-refractivity contribution in [1.82, 2.24) is 10.6 Å². The van der Waals surface area contributed by atoms with Crippen LogP contribution in [-0.4, -0.2) is 68.8 Å². The molecule has 0 bridgehead atoms. The fourth-order valence-corrected chi connectivity index (χ4v) is 1.95. The number of methoxy groups -OCH3 is 1. The van der Waals surface area contributed by atoms with E-state index in [1.165, 1.54) is 25.3 Å². The third kappa shape index (κ3) is 9.32. The van der Waals surface area contributed by atoms with Gasteiger partial charge in [-0.05, 0) is 26.0 Å². The summed E-state index contributed by atoms with van der Waals surface area (Å²) in [4.78, 5) is 23.3. The van der Waals surface area contributed by atoms with Crippen LogP contribution in [0.25, 0.3) is 0 Å². The molecule has 0 aliphatic carbocycles. The van der Waals surface area contributed by atoms with E-state index in [0.717, 1.165) is 6.07 Å². The van der Waals surface area contributed by atoms with Gasteiger partial charge in [-0.1, -0.05) is 12.1 Å². The summed E-state index contributed by atoms with van der Waals surface area (Å²) in [6, 6.07) is 5.45. The third-order valence-electron chi connectivity index (χ3n) is 3.51. The highest BCUT2D eigenvalue weighted by molar-refractivity contribution is 5.89. The minimum Gasteiger partial charge on any atom is -0.459 e. The van der Waals surface area contributed by atoms with Gasteiger partial charge in [-0.15, -0.1) is 0 Å². The summed E-state index contributed by atoms with van der Waals surface area (Å²) >= 11 is 0. The van der Waals surface area contributed by atoms with Gasteiger partial charge in [0.2, 0.25) is 0 Å². The predicted molar refractivity (Wildman–Crippen MR) is 96.0 cm³/mol. The molecule has 1 aromatic rings. The summed E-state index contributed by atoms with van der Waals surface area (Å²) in [5.41, 5.74) is -0.731. The van der Waals surface area contributed by atoms with Gasteiger partial charge in [0.25, 0.3) is 0 Å². The number of hydrogen-bond donors (Lipinski definition) is 3. The van der Waals surface area contributed by atoms with Gasteiger partial charge >= 0.3 is 12.1 Å². The summed E-state index contributed by atoms with van der Waals surface area (Å²) < 4.78 is 28.1. The number of esters is 1. The Labute approximate surface area is 158 Å². The normalized spacial score (nSPS) is 12.3. The molecule has 152 valence electrons. The van der Waals surface area contributed by atoms with Crippen molar-refractivity contribution in [3.8, 4) is 0 Å². The first-order chi connectivity index (χ1) is 12.7. The summed E-state index contributed by atoms with van der Waals surface area (Å²) in [7, 11) is 1.51. The Bertz CT molecular complexity index is 611. The summed E-state index contributed by atoms with van der Waals surface area (Å²) in [6.07, 6.45) is -1.56. The molecule has 1 atom stereocenters. The van der Waals surface area contributed by atoms with E-state index in [0.29, 0.717) is 6.61 Å². The second-order valence-electron chi connectivity index (χ2n) is 6.48. The fraction of sp³-hybridized carbons (Fsp3) is 0.556. The molecule has 0 aliphatic heterocycles. The number of hydrogen-bond acceptors (Lipinski definition) is 7. The average molecular weight is 386 g/mol.